The minimum absolute atomic E-state index is 0.127. The van der Waals surface area contributed by atoms with E-state index in [0.717, 1.165) is 19.3 Å². The molecule has 3 atom stereocenters. The van der Waals surface area contributed by atoms with E-state index in [9.17, 15) is 5.11 Å². The van der Waals surface area contributed by atoms with Crippen molar-refractivity contribution in [3.05, 3.63) is 0 Å². The number of aliphatic hydroxyl groups excluding tert-OH is 1. The fourth-order valence-electron chi connectivity index (χ4n) is 2.90. The van der Waals surface area contributed by atoms with Crippen molar-refractivity contribution in [1.82, 2.24) is 4.90 Å². The van der Waals surface area contributed by atoms with E-state index in [2.05, 4.69) is 39.6 Å². The van der Waals surface area contributed by atoms with E-state index in [0.29, 0.717) is 17.5 Å². The summed E-state index contributed by atoms with van der Waals surface area (Å²) in [6.07, 6.45) is 5.55. The Morgan fingerprint density at radius 2 is 2.06 bits per heavy atom. The summed E-state index contributed by atoms with van der Waals surface area (Å²) >= 11 is 0. The third-order valence-electron chi connectivity index (χ3n) is 4.25. The van der Waals surface area contributed by atoms with Gasteiger partial charge >= 0.3 is 0 Å². The maximum atomic E-state index is 10.1. The average molecular weight is 227 g/mol. The molecule has 1 N–H and O–H groups in total. The molecule has 0 bridgehead atoms. The van der Waals surface area contributed by atoms with Gasteiger partial charge in [-0.05, 0) is 45.1 Å². The molecule has 0 amide bonds. The van der Waals surface area contributed by atoms with E-state index in [1.54, 1.807) is 0 Å². The highest BCUT2D eigenvalue weighted by molar-refractivity contribution is 4.91. The van der Waals surface area contributed by atoms with E-state index in [-0.39, 0.29) is 6.10 Å². The van der Waals surface area contributed by atoms with E-state index < -0.39 is 0 Å². The van der Waals surface area contributed by atoms with Crippen molar-refractivity contribution in [2.75, 3.05) is 7.05 Å². The van der Waals surface area contributed by atoms with E-state index >= 15 is 0 Å². The predicted octanol–water partition coefficient (Wildman–Crippen LogP) is 3.05. The van der Waals surface area contributed by atoms with Crippen LogP contribution in [0.4, 0.5) is 0 Å². The van der Waals surface area contributed by atoms with E-state index in [4.69, 9.17) is 0 Å². The van der Waals surface area contributed by atoms with E-state index in [1.165, 1.54) is 12.8 Å². The fourth-order valence-corrected chi connectivity index (χ4v) is 2.90. The molecule has 2 nitrogen and oxygen atoms in total. The van der Waals surface area contributed by atoms with Crippen LogP contribution in [-0.2, 0) is 0 Å². The van der Waals surface area contributed by atoms with Crippen LogP contribution in [0.1, 0.15) is 59.8 Å². The van der Waals surface area contributed by atoms with Crippen molar-refractivity contribution < 1.29 is 5.11 Å². The van der Waals surface area contributed by atoms with Gasteiger partial charge in [0.25, 0.3) is 0 Å². The molecule has 0 heterocycles. The fraction of sp³-hybridized carbons (Fsp3) is 1.00. The summed E-state index contributed by atoms with van der Waals surface area (Å²) in [7, 11) is 2.18. The summed E-state index contributed by atoms with van der Waals surface area (Å²) in [5, 5.41) is 10.1. The summed E-state index contributed by atoms with van der Waals surface area (Å²) < 4.78 is 0. The molecule has 1 saturated carbocycles. The van der Waals surface area contributed by atoms with Crippen LogP contribution < -0.4 is 0 Å². The first kappa shape index (κ1) is 14.0. The minimum atomic E-state index is -0.127. The highest BCUT2D eigenvalue weighted by Gasteiger charge is 2.36. The van der Waals surface area contributed by atoms with Crippen molar-refractivity contribution in [3.63, 3.8) is 0 Å². The second kappa shape index (κ2) is 5.50. The second-order valence-electron chi connectivity index (χ2n) is 6.34. The summed E-state index contributed by atoms with van der Waals surface area (Å²) in [4.78, 5) is 2.40. The Morgan fingerprint density at radius 1 is 1.44 bits per heavy atom. The first-order valence-corrected chi connectivity index (χ1v) is 6.77. The molecule has 0 saturated heterocycles. The topological polar surface area (TPSA) is 23.5 Å². The molecule has 1 aliphatic rings. The molecule has 0 aromatic rings. The standard InChI is InChI=1S/C14H29NO/c1-6-7-11(2)15(5)12-10-14(3,4)9-8-13(12)16/h11-13,16H,6-10H2,1-5H3. The third kappa shape index (κ3) is 3.46. The van der Waals surface area contributed by atoms with Crippen molar-refractivity contribution in [3.8, 4) is 0 Å². The van der Waals surface area contributed by atoms with Gasteiger partial charge in [-0.15, -0.1) is 0 Å². The maximum absolute atomic E-state index is 10.1. The van der Waals surface area contributed by atoms with Gasteiger partial charge in [-0.25, -0.2) is 0 Å². The largest absolute Gasteiger partial charge is 0.391 e. The first-order chi connectivity index (χ1) is 7.37. The molecule has 0 aliphatic heterocycles. The van der Waals surface area contributed by atoms with Gasteiger partial charge in [0.05, 0.1) is 6.10 Å². The van der Waals surface area contributed by atoms with Crippen LogP contribution in [0.3, 0.4) is 0 Å². The number of nitrogens with zero attached hydrogens (tertiary/aromatic N) is 1. The minimum Gasteiger partial charge on any atom is -0.391 e. The summed E-state index contributed by atoms with van der Waals surface area (Å²) in [6.45, 7) is 9.15. The number of hydrogen-bond acceptors (Lipinski definition) is 2. The van der Waals surface area contributed by atoms with Crippen LogP contribution in [0.2, 0.25) is 0 Å². The van der Waals surface area contributed by atoms with Crippen LogP contribution in [0.25, 0.3) is 0 Å². The van der Waals surface area contributed by atoms with Gasteiger partial charge in [-0.1, -0.05) is 27.2 Å². The lowest BCUT2D eigenvalue weighted by molar-refractivity contribution is -0.0213. The van der Waals surface area contributed by atoms with Crippen LogP contribution >= 0.6 is 0 Å². The zero-order chi connectivity index (χ0) is 12.3. The van der Waals surface area contributed by atoms with Crippen molar-refractivity contribution in [2.24, 2.45) is 5.41 Å². The molecule has 0 aromatic carbocycles. The Labute approximate surface area is 101 Å². The van der Waals surface area contributed by atoms with Gasteiger partial charge in [0.1, 0.15) is 0 Å². The van der Waals surface area contributed by atoms with Crippen molar-refractivity contribution in [1.29, 1.82) is 0 Å². The Balaban J connectivity index is 2.61. The van der Waals surface area contributed by atoms with Gasteiger partial charge in [0.15, 0.2) is 0 Å². The normalized spacial score (nSPS) is 31.7. The van der Waals surface area contributed by atoms with Gasteiger partial charge in [-0.3, -0.25) is 4.90 Å². The molecule has 0 aromatic heterocycles. The van der Waals surface area contributed by atoms with Crippen LogP contribution in [0.15, 0.2) is 0 Å². The summed E-state index contributed by atoms with van der Waals surface area (Å²) in [6, 6.07) is 0.934. The van der Waals surface area contributed by atoms with Gasteiger partial charge in [0, 0.05) is 12.1 Å². The Kier molecular flexibility index (Phi) is 4.81. The van der Waals surface area contributed by atoms with Gasteiger partial charge < -0.3 is 5.11 Å². The smallest absolute Gasteiger partial charge is 0.0695 e. The van der Waals surface area contributed by atoms with Gasteiger partial charge in [0.2, 0.25) is 0 Å². The molecular formula is C14H29NO. The molecular weight excluding hydrogens is 198 g/mol. The monoisotopic (exact) mass is 227 g/mol. The average Bonchev–Trinajstić information content (AvgIpc) is 2.21. The zero-order valence-electron chi connectivity index (χ0n) is 11.7. The highest BCUT2D eigenvalue weighted by atomic mass is 16.3. The molecule has 0 spiro atoms. The zero-order valence-corrected chi connectivity index (χ0v) is 11.7. The van der Waals surface area contributed by atoms with Gasteiger partial charge in [-0.2, -0.15) is 0 Å². The van der Waals surface area contributed by atoms with E-state index in [1.807, 2.05) is 0 Å². The molecule has 1 rings (SSSR count). The number of hydrogen-bond donors (Lipinski definition) is 1. The molecule has 3 unspecified atom stereocenters. The highest BCUT2D eigenvalue weighted by Crippen LogP contribution is 2.37. The Hall–Kier alpha value is -0.0800. The number of aliphatic hydroxyl groups is 1. The van der Waals surface area contributed by atoms with Crippen LogP contribution in [-0.4, -0.2) is 35.2 Å². The van der Waals surface area contributed by atoms with Crippen LogP contribution in [0.5, 0.6) is 0 Å². The molecule has 96 valence electrons. The Morgan fingerprint density at radius 3 is 2.62 bits per heavy atom. The predicted molar refractivity (Wildman–Crippen MR) is 69.6 cm³/mol. The molecule has 2 heteroatoms. The first-order valence-electron chi connectivity index (χ1n) is 6.77. The maximum Gasteiger partial charge on any atom is 0.0695 e. The molecule has 1 aliphatic carbocycles. The third-order valence-corrected chi connectivity index (χ3v) is 4.25. The SMILES string of the molecule is CCCC(C)N(C)C1CC(C)(C)CCC1O. The lowest BCUT2D eigenvalue weighted by atomic mass is 9.73. The Bertz CT molecular complexity index is 215. The number of rotatable bonds is 4. The van der Waals surface area contributed by atoms with Crippen molar-refractivity contribution >= 4 is 0 Å². The lowest BCUT2D eigenvalue weighted by Gasteiger charge is -2.44. The molecule has 0 radical (unpaired) electrons. The summed E-state index contributed by atoms with van der Waals surface area (Å²) in [5.74, 6) is 0. The quantitative estimate of drug-likeness (QED) is 0.798. The molecule has 1 fully saturated rings. The second-order valence-corrected chi connectivity index (χ2v) is 6.34. The molecule has 16 heavy (non-hydrogen) atoms. The number of likely N-dealkylation sites (N-methyl/N-ethyl adjacent to an activating group) is 1. The lowest BCUT2D eigenvalue weighted by Crippen LogP contribution is -2.50. The van der Waals surface area contributed by atoms with Crippen LogP contribution in [0, 0.1) is 5.41 Å². The summed E-state index contributed by atoms with van der Waals surface area (Å²) in [5.41, 5.74) is 0.393. The van der Waals surface area contributed by atoms with Crippen molar-refractivity contribution in [2.45, 2.75) is 78.0 Å².